The van der Waals surface area contributed by atoms with Gasteiger partial charge in [-0.2, -0.15) is 18.4 Å². The Kier molecular flexibility index (Phi) is 7.04. The lowest BCUT2D eigenvalue weighted by Crippen LogP contribution is -2.36. The Morgan fingerprint density at radius 3 is 2.30 bits per heavy atom. The third kappa shape index (κ3) is 5.70. The van der Waals surface area contributed by atoms with Crippen molar-refractivity contribution < 1.29 is 32.2 Å². The summed E-state index contributed by atoms with van der Waals surface area (Å²) >= 11 is 5.82. The van der Waals surface area contributed by atoms with E-state index >= 15 is 0 Å². The molecule has 3 aromatic rings. The van der Waals surface area contributed by atoms with E-state index in [4.69, 9.17) is 21.1 Å². The smallest absolute Gasteiger partial charge is 0.417 e. The second kappa shape index (κ2) is 9.75. The highest BCUT2D eigenvalue weighted by molar-refractivity contribution is 6.31. The van der Waals surface area contributed by atoms with Crippen LogP contribution < -0.4 is 9.47 Å². The van der Waals surface area contributed by atoms with Crippen molar-refractivity contribution in [1.29, 1.82) is 5.26 Å². The van der Waals surface area contributed by atoms with E-state index in [-0.39, 0.29) is 22.4 Å². The normalized spacial score (nSPS) is 13.0. The van der Waals surface area contributed by atoms with Crippen LogP contribution in [0.1, 0.15) is 17.3 Å². The number of alkyl halides is 3. The van der Waals surface area contributed by atoms with Gasteiger partial charge in [0.1, 0.15) is 16.5 Å². The number of aromatic nitrogens is 2. The number of rotatable bonds is 7. The van der Waals surface area contributed by atoms with Gasteiger partial charge in [-0.25, -0.2) is 4.98 Å². The minimum Gasteiger partial charge on any atom is -0.483 e. The van der Waals surface area contributed by atoms with Crippen molar-refractivity contribution in [2.24, 2.45) is 5.92 Å². The number of nitrogens with zero attached hydrogens (tertiary/aromatic N) is 3. The van der Waals surface area contributed by atoms with Crippen molar-refractivity contribution in [3.63, 3.8) is 0 Å². The van der Waals surface area contributed by atoms with Crippen LogP contribution in [-0.4, -0.2) is 27.3 Å². The van der Waals surface area contributed by atoms with Gasteiger partial charge in [-0.3, -0.25) is 14.2 Å². The summed E-state index contributed by atoms with van der Waals surface area (Å²) in [5, 5.41) is 8.96. The van der Waals surface area contributed by atoms with Gasteiger partial charge >= 0.3 is 6.18 Å². The fourth-order valence-corrected chi connectivity index (χ4v) is 2.93. The summed E-state index contributed by atoms with van der Waals surface area (Å²) in [6.45, 7) is 1.41. The minimum atomic E-state index is -4.58. The van der Waals surface area contributed by atoms with Crippen molar-refractivity contribution >= 4 is 23.3 Å². The zero-order chi connectivity index (χ0) is 24.2. The molecule has 7 nitrogen and oxygen atoms in total. The molecule has 0 fully saturated rings. The van der Waals surface area contributed by atoms with Crippen LogP contribution >= 0.6 is 11.6 Å². The molecule has 0 bridgehead atoms. The second-order valence-corrected chi connectivity index (χ2v) is 7.14. The summed E-state index contributed by atoms with van der Waals surface area (Å²) in [6, 6.07) is 11.3. The Morgan fingerprint density at radius 1 is 1.15 bits per heavy atom. The lowest BCUT2D eigenvalue weighted by molar-refractivity contribution is -0.137. The molecule has 0 radical (unpaired) electrons. The zero-order valence-corrected chi connectivity index (χ0v) is 17.7. The molecule has 0 N–H and O–H groups in total. The van der Waals surface area contributed by atoms with E-state index < -0.39 is 35.5 Å². The van der Waals surface area contributed by atoms with Crippen LogP contribution in [0.3, 0.4) is 0 Å². The Balaban J connectivity index is 1.65. The standard InChI is InChI=1S/C22H15ClF3N3O4/c1-13(19(30)17(11-27)21(31)29-8-2-3-9-29)32-15-4-6-16(7-5-15)33-20-18(23)10-14(12-28-20)22(24,25)26/h2-10,12-13,17H,1H3. The van der Waals surface area contributed by atoms with Crippen LogP contribution in [0.15, 0.2) is 61.1 Å². The van der Waals surface area contributed by atoms with Crippen LogP contribution in [0.25, 0.3) is 0 Å². The SMILES string of the molecule is CC(Oc1ccc(Oc2ncc(C(F)(F)F)cc2Cl)cc1)C(=O)C(C#N)C(=O)n1cccc1. The average Bonchev–Trinajstić information content (AvgIpc) is 3.31. The van der Waals surface area contributed by atoms with Crippen molar-refractivity contribution in [3.8, 4) is 23.4 Å². The molecule has 3 rings (SSSR count). The van der Waals surface area contributed by atoms with Crippen molar-refractivity contribution in [3.05, 3.63) is 71.6 Å². The molecule has 0 spiro atoms. The third-order valence-electron chi connectivity index (χ3n) is 4.41. The number of halogens is 4. The zero-order valence-electron chi connectivity index (χ0n) is 16.9. The van der Waals surface area contributed by atoms with Gasteiger partial charge in [0.25, 0.3) is 5.91 Å². The van der Waals surface area contributed by atoms with Gasteiger partial charge in [0, 0.05) is 18.6 Å². The molecule has 2 atom stereocenters. The first-order valence-corrected chi connectivity index (χ1v) is 9.76. The Morgan fingerprint density at radius 2 is 1.76 bits per heavy atom. The topological polar surface area (TPSA) is 94.2 Å². The van der Waals surface area contributed by atoms with E-state index in [9.17, 15) is 28.0 Å². The van der Waals surface area contributed by atoms with E-state index in [0.29, 0.717) is 12.3 Å². The van der Waals surface area contributed by atoms with Crippen LogP contribution in [0.2, 0.25) is 5.02 Å². The summed E-state index contributed by atoms with van der Waals surface area (Å²) in [4.78, 5) is 28.5. The van der Waals surface area contributed by atoms with Crippen LogP contribution in [0.4, 0.5) is 13.2 Å². The maximum Gasteiger partial charge on any atom is 0.417 e. The number of ether oxygens (including phenoxy) is 2. The number of hydrogen-bond donors (Lipinski definition) is 0. The summed E-state index contributed by atoms with van der Waals surface area (Å²) in [6.07, 6.45) is -2.22. The fourth-order valence-electron chi connectivity index (χ4n) is 2.72. The van der Waals surface area contributed by atoms with E-state index in [1.807, 2.05) is 0 Å². The summed E-state index contributed by atoms with van der Waals surface area (Å²) in [7, 11) is 0. The molecular weight excluding hydrogens is 463 g/mol. The number of benzene rings is 1. The number of pyridine rings is 1. The molecule has 1 aromatic carbocycles. The molecule has 0 aliphatic heterocycles. The van der Waals surface area contributed by atoms with Crippen LogP contribution in [-0.2, 0) is 11.0 Å². The van der Waals surface area contributed by atoms with Gasteiger partial charge in [0.15, 0.2) is 17.8 Å². The van der Waals surface area contributed by atoms with Crippen molar-refractivity contribution in [2.45, 2.75) is 19.2 Å². The van der Waals surface area contributed by atoms with Gasteiger partial charge in [-0.1, -0.05) is 11.6 Å². The van der Waals surface area contributed by atoms with Gasteiger partial charge in [0.05, 0.1) is 11.6 Å². The summed E-state index contributed by atoms with van der Waals surface area (Å²) < 4.78 is 50.2. The number of hydrogen-bond acceptors (Lipinski definition) is 6. The lowest BCUT2D eigenvalue weighted by atomic mass is 10.0. The molecule has 0 aliphatic rings. The number of ketones is 1. The maximum absolute atomic E-state index is 12.7. The van der Waals surface area contributed by atoms with Gasteiger partial charge in [0.2, 0.25) is 5.88 Å². The van der Waals surface area contributed by atoms with E-state index in [0.717, 1.165) is 4.57 Å². The summed E-state index contributed by atoms with van der Waals surface area (Å²) in [5.74, 6) is -2.72. The molecule has 33 heavy (non-hydrogen) atoms. The van der Waals surface area contributed by atoms with Crippen LogP contribution in [0, 0.1) is 17.2 Å². The second-order valence-electron chi connectivity index (χ2n) is 6.74. The molecule has 0 amide bonds. The number of Topliss-reactive ketones (excluding diaryl/α,β-unsaturated/α-hetero) is 1. The molecular formula is C22H15ClF3N3O4. The van der Waals surface area contributed by atoms with E-state index in [2.05, 4.69) is 4.98 Å². The first kappa shape index (κ1) is 23.8. The lowest BCUT2D eigenvalue weighted by Gasteiger charge is -2.16. The molecule has 0 aliphatic carbocycles. The molecule has 170 valence electrons. The van der Waals surface area contributed by atoms with Crippen LogP contribution in [0.5, 0.6) is 17.4 Å². The van der Waals surface area contributed by atoms with Crippen molar-refractivity contribution in [2.75, 3.05) is 0 Å². The molecule has 0 saturated heterocycles. The molecule has 2 unspecified atom stereocenters. The minimum absolute atomic E-state index is 0.202. The molecule has 0 saturated carbocycles. The highest BCUT2D eigenvalue weighted by Crippen LogP contribution is 2.35. The van der Waals surface area contributed by atoms with Crippen molar-refractivity contribution in [1.82, 2.24) is 9.55 Å². The maximum atomic E-state index is 12.7. The van der Waals surface area contributed by atoms with Gasteiger partial charge in [-0.05, 0) is 49.4 Å². The molecule has 11 heteroatoms. The Labute approximate surface area is 190 Å². The molecule has 2 heterocycles. The monoisotopic (exact) mass is 477 g/mol. The van der Waals surface area contributed by atoms with E-state index in [1.165, 1.54) is 43.6 Å². The largest absolute Gasteiger partial charge is 0.483 e. The quantitative estimate of drug-likeness (QED) is 0.436. The van der Waals surface area contributed by atoms with E-state index in [1.54, 1.807) is 18.2 Å². The first-order valence-electron chi connectivity index (χ1n) is 9.38. The highest BCUT2D eigenvalue weighted by Gasteiger charge is 2.33. The average molecular weight is 478 g/mol. The third-order valence-corrected chi connectivity index (χ3v) is 4.68. The number of nitriles is 1. The van der Waals surface area contributed by atoms with Gasteiger partial charge in [-0.15, -0.1) is 0 Å². The number of carbonyl (C=O) groups excluding carboxylic acids is 2. The Bertz CT molecular complexity index is 1190. The predicted molar refractivity (Wildman–Crippen MR) is 110 cm³/mol. The first-order chi connectivity index (χ1) is 15.6. The number of carbonyl (C=O) groups is 2. The highest BCUT2D eigenvalue weighted by atomic mass is 35.5. The summed E-state index contributed by atoms with van der Waals surface area (Å²) in [5.41, 5.74) is -1.01. The predicted octanol–water partition coefficient (Wildman–Crippen LogP) is 5.16. The molecule has 2 aromatic heterocycles. The fraction of sp³-hybridized carbons (Fsp3) is 0.182. The van der Waals surface area contributed by atoms with Gasteiger partial charge < -0.3 is 9.47 Å². The Hall–Kier alpha value is -3.84.